The maximum Gasteiger partial charge on any atom is 0.220 e. The zero-order valence-electron chi connectivity index (χ0n) is 8.05. The minimum Gasteiger partial charge on any atom is -0.392 e. The maximum atomic E-state index is 11.3. The van der Waals surface area contributed by atoms with Gasteiger partial charge in [-0.25, -0.2) is 0 Å². The molecule has 3 N–H and O–H groups in total. The van der Waals surface area contributed by atoms with Crippen LogP contribution in [0.1, 0.15) is 19.8 Å². The van der Waals surface area contributed by atoms with Crippen molar-refractivity contribution in [3.63, 3.8) is 0 Å². The molecule has 1 aliphatic rings. The highest BCUT2D eigenvalue weighted by Crippen LogP contribution is 2.11. The Morgan fingerprint density at radius 3 is 3.08 bits per heavy atom. The zero-order chi connectivity index (χ0) is 9.68. The van der Waals surface area contributed by atoms with Crippen molar-refractivity contribution in [1.82, 2.24) is 10.6 Å². The van der Waals surface area contributed by atoms with Crippen LogP contribution in [0.3, 0.4) is 0 Å². The highest BCUT2D eigenvalue weighted by Gasteiger charge is 2.17. The average molecular weight is 186 g/mol. The normalized spacial score (nSPS) is 24.3. The fourth-order valence-electron chi connectivity index (χ4n) is 1.48. The van der Waals surface area contributed by atoms with Gasteiger partial charge in [0.2, 0.25) is 5.91 Å². The number of aliphatic hydroxyl groups excluding tert-OH is 1. The molecule has 1 saturated heterocycles. The molecular weight excluding hydrogens is 168 g/mol. The van der Waals surface area contributed by atoms with Gasteiger partial charge in [-0.05, 0) is 32.4 Å². The van der Waals surface area contributed by atoms with Gasteiger partial charge in [-0.1, -0.05) is 0 Å². The van der Waals surface area contributed by atoms with Crippen LogP contribution < -0.4 is 10.6 Å². The Labute approximate surface area is 78.7 Å². The summed E-state index contributed by atoms with van der Waals surface area (Å²) in [6, 6.07) is 0. The third kappa shape index (κ3) is 4.24. The predicted molar refractivity (Wildman–Crippen MR) is 50.3 cm³/mol. The summed E-state index contributed by atoms with van der Waals surface area (Å²) in [5.41, 5.74) is 0. The van der Waals surface area contributed by atoms with E-state index in [1.54, 1.807) is 6.92 Å². The fraction of sp³-hybridized carbons (Fsp3) is 0.889. The largest absolute Gasteiger partial charge is 0.392 e. The molecule has 0 bridgehead atoms. The summed E-state index contributed by atoms with van der Waals surface area (Å²) in [7, 11) is 0. The first-order chi connectivity index (χ1) is 6.18. The van der Waals surface area contributed by atoms with Crippen LogP contribution >= 0.6 is 0 Å². The lowest BCUT2D eigenvalue weighted by atomic mass is 10.0. The van der Waals surface area contributed by atoms with Crippen LogP contribution in [0.4, 0.5) is 0 Å². The highest BCUT2D eigenvalue weighted by molar-refractivity contribution is 5.76. The molecule has 0 aromatic rings. The Kier molecular flexibility index (Phi) is 4.18. The molecule has 0 aromatic heterocycles. The quantitative estimate of drug-likeness (QED) is 0.554. The molecule has 1 heterocycles. The van der Waals surface area contributed by atoms with Crippen LogP contribution in [0.15, 0.2) is 0 Å². The summed E-state index contributed by atoms with van der Waals surface area (Å²) in [5, 5.41) is 14.8. The lowest BCUT2D eigenvalue weighted by molar-refractivity contribution is -0.122. The lowest BCUT2D eigenvalue weighted by Gasteiger charge is -2.09. The van der Waals surface area contributed by atoms with E-state index in [0.717, 1.165) is 19.5 Å². The molecule has 76 valence electrons. The number of amides is 1. The van der Waals surface area contributed by atoms with Crippen LogP contribution in [0.2, 0.25) is 0 Å². The lowest BCUT2D eigenvalue weighted by Crippen LogP contribution is -2.32. The van der Waals surface area contributed by atoms with Gasteiger partial charge in [-0.2, -0.15) is 0 Å². The van der Waals surface area contributed by atoms with Crippen molar-refractivity contribution in [2.75, 3.05) is 19.6 Å². The van der Waals surface area contributed by atoms with E-state index in [0.29, 0.717) is 18.9 Å². The fourth-order valence-corrected chi connectivity index (χ4v) is 1.48. The average Bonchev–Trinajstić information content (AvgIpc) is 2.53. The van der Waals surface area contributed by atoms with E-state index in [-0.39, 0.29) is 5.91 Å². The first-order valence-corrected chi connectivity index (χ1v) is 4.84. The first-order valence-electron chi connectivity index (χ1n) is 4.84. The Morgan fingerprint density at radius 1 is 1.77 bits per heavy atom. The van der Waals surface area contributed by atoms with E-state index in [9.17, 15) is 4.79 Å². The van der Waals surface area contributed by atoms with Crippen molar-refractivity contribution in [2.45, 2.75) is 25.9 Å². The number of carbonyl (C=O) groups excluding carboxylic acids is 1. The Bertz CT molecular complexity index is 165. The van der Waals surface area contributed by atoms with Crippen LogP contribution in [-0.4, -0.2) is 36.8 Å². The first kappa shape index (κ1) is 10.5. The summed E-state index contributed by atoms with van der Waals surface area (Å²) < 4.78 is 0. The monoisotopic (exact) mass is 186 g/mol. The van der Waals surface area contributed by atoms with Gasteiger partial charge in [0.05, 0.1) is 6.10 Å². The van der Waals surface area contributed by atoms with Crippen molar-refractivity contribution in [2.24, 2.45) is 5.92 Å². The second kappa shape index (κ2) is 5.19. The predicted octanol–water partition coefficient (Wildman–Crippen LogP) is -0.517. The van der Waals surface area contributed by atoms with Crippen LogP contribution in [0, 0.1) is 5.92 Å². The molecule has 0 spiro atoms. The topological polar surface area (TPSA) is 61.4 Å². The van der Waals surface area contributed by atoms with Gasteiger partial charge in [0, 0.05) is 13.0 Å². The molecule has 13 heavy (non-hydrogen) atoms. The zero-order valence-corrected chi connectivity index (χ0v) is 8.05. The summed E-state index contributed by atoms with van der Waals surface area (Å²) >= 11 is 0. The molecule has 0 aromatic carbocycles. The van der Waals surface area contributed by atoms with Gasteiger partial charge in [-0.15, -0.1) is 0 Å². The SMILES string of the molecule is C[C@@H](O)CNC(=O)CC1CCNC1. The van der Waals surface area contributed by atoms with Gasteiger partial charge in [0.25, 0.3) is 0 Å². The second-order valence-corrected chi connectivity index (χ2v) is 3.72. The Hall–Kier alpha value is -0.610. The maximum absolute atomic E-state index is 11.3. The number of hydrogen-bond acceptors (Lipinski definition) is 3. The van der Waals surface area contributed by atoms with E-state index >= 15 is 0 Å². The van der Waals surface area contributed by atoms with Gasteiger partial charge >= 0.3 is 0 Å². The van der Waals surface area contributed by atoms with E-state index in [4.69, 9.17) is 5.11 Å². The van der Waals surface area contributed by atoms with Gasteiger partial charge in [0.15, 0.2) is 0 Å². The third-order valence-corrected chi connectivity index (χ3v) is 2.23. The van der Waals surface area contributed by atoms with E-state index < -0.39 is 6.10 Å². The number of aliphatic hydroxyl groups is 1. The minimum absolute atomic E-state index is 0.0506. The van der Waals surface area contributed by atoms with Crippen LogP contribution in [0.5, 0.6) is 0 Å². The molecule has 0 saturated carbocycles. The molecule has 1 unspecified atom stereocenters. The number of hydrogen-bond donors (Lipinski definition) is 3. The minimum atomic E-state index is -0.453. The van der Waals surface area contributed by atoms with Crippen molar-refractivity contribution < 1.29 is 9.90 Å². The summed E-state index contributed by atoms with van der Waals surface area (Å²) in [5.74, 6) is 0.531. The van der Waals surface area contributed by atoms with Crippen molar-refractivity contribution >= 4 is 5.91 Å². The molecule has 1 aliphatic heterocycles. The molecule has 0 aliphatic carbocycles. The second-order valence-electron chi connectivity index (χ2n) is 3.72. The van der Waals surface area contributed by atoms with E-state index in [1.807, 2.05) is 0 Å². The summed E-state index contributed by atoms with van der Waals surface area (Å²) in [6.07, 6.45) is 1.22. The molecule has 1 amide bonds. The van der Waals surface area contributed by atoms with Gasteiger partial charge in [0.1, 0.15) is 0 Å². The Balaban J connectivity index is 2.09. The van der Waals surface area contributed by atoms with Crippen LogP contribution in [-0.2, 0) is 4.79 Å². The molecule has 4 heteroatoms. The summed E-state index contributed by atoms with van der Waals surface area (Å²) in [6.45, 7) is 3.99. The molecule has 1 fully saturated rings. The standard InChI is InChI=1S/C9H18N2O2/c1-7(12)5-11-9(13)4-8-2-3-10-6-8/h7-8,10,12H,2-6H2,1H3,(H,11,13)/t7-,8?/m1/s1. The van der Waals surface area contributed by atoms with E-state index in [2.05, 4.69) is 10.6 Å². The van der Waals surface area contributed by atoms with Crippen molar-refractivity contribution in [1.29, 1.82) is 0 Å². The van der Waals surface area contributed by atoms with Gasteiger partial charge in [-0.3, -0.25) is 4.79 Å². The van der Waals surface area contributed by atoms with Crippen LogP contribution in [0.25, 0.3) is 0 Å². The highest BCUT2D eigenvalue weighted by atomic mass is 16.3. The molecule has 1 rings (SSSR count). The van der Waals surface area contributed by atoms with Gasteiger partial charge < -0.3 is 15.7 Å². The van der Waals surface area contributed by atoms with Crippen molar-refractivity contribution in [3.05, 3.63) is 0 Å². The Morgan fingerprint density at radius 2 is 2.54 bits per heavy atom. The van der Waals surface area contributed by atoms with E-state index in [1.165, 1.54) is 0 Å². The third-order valence-electron chi connectivity index (χ3n) is 2.23. The molecule has 2 atom stereocenters. The number of nitrogens with one attached hydrogen (secondary N) is 2. The summed E-state index contributed by atoms with van der Waals surface area (Å²) in [4.78, 5) is 11.3. The molecule has 0 radical (unpaired) electrons. The number of rotatable bonds is 4. The number of carbonyl (C=O) groups is 1. The smallest absolute Gasteiger partial charge is 0.220 e. The van der Waals surface area contributed by atoms with Crippen molar-refractivity contribution in [3.8, 4) is 0 Å². The molecular formula is C9H18N2O2. The molecule has 4 nitrogen and oxygen atoms in total.